The van der Waals surface area contributed by atoms with Crippen molar-refractivity contribution < 1.29 is 0 Å². The molecule has 0 spiro atoms. The zero-order valence-electron chi connectivity index (χ0n) is 19.3. The lowest BCUT2D eigenvalue weighted by Crippen LogP contribution is -2.46. The molecule has 1 saturated heterocycles. The summed E-state index contributed by atoms with van der Waals surface area (Å²) in [6.45, 7) is 13.8. The largest absolute Gasteiger partial charge is 0.365 e. The topological polar surface area (TPSA) is 61.5 Å². The molecule has 4 heterocycles. The van der Waals surface area contributed by atoms with E-state index in [-0.39, 0.29) is 0 Å². The number of benzene rings is 1. The highest BCUT2D eigenvalue weighted by molar-refractivity contribution is 5.92. The highest BCUT2D eigenvalue weighted by Crippen LogP contribution is 2.26. The molecule has 7 nitrogen and oxygen atoms in total. The molecule has 1 aromatic carbocycles. The quantitative estimate of drug-likeness (QED) is 0.434. The van der Waals surface area contributed by atoms with E-state index in [1.165, 1.54) is 16.7 Å². The molecule has 5 rings (SSSR count). The first-order valence-corrected chi connectivity index (χ1v) is 11.5. The molecule has 0 unspecified atom stereocenters. The molecule has 34 heavy (non-hydrogen) atoms. The molecular formula is C27H27N7. The van der Waals surface area contributed by atoms with Crippen LogP contribution >= 0.6 is 0 Å². The molecule has 1 aliphatic heterocycles. The van der Waals surface area contributed by atoms with Gasteiger partial charge in [-0.3, -0.25) is 9.83 Å². The van der Waals surface area contributed by atoms with Gasteiger partial charge in [0.2, 0.25) is 0 Å². The van der Waals surface area contributed by atoms with Crippen molar-refractivity contribution in [1.29, 1.82) is 0 Å². The van der Waals surface area contributed by atoms with E-state index in [0.29, 0.717) is 13.2 Å². The molecule has 170 valence electrons. The van der Waals surface area contributed by atoms with Gasteiger partial charge in [0.1, 0.15) is 11.6 Å². The van der Waals surface area contributed by atoms with Crippen LogP contribution in [0.5, 0.6) is 0 Å². The minimum absolute atomic E-state index is 0.478. The number of piperazine rings is 1. The minimum Gasteiger partial charge on any atom is -0.365 e. The summed E-state index contributed by atoms with van der Waals surface area (Å²) in [4.78, 5) is 21.5. The van der Waals surface area contributed by atoms with Crippen LogP contribution in [0.1, 0.15) is 11.3 Å². The van der Waals surface area contributed by atoms with E-state index in [0.717, 1.165) is 54.3 Å². The molecule has 1 N–H and O–H groups in total. The second-order valence-electron chi connectivity index (χ2n) is 8.56. The summed E-state index contributed by atoms with van der Waals surface area (Å²) in [5.41, 5.74) is 4.57. The Balaban J connectivity index is 1.27. The average Bonchev–Trinajstić information content (AvgIpc) is 2.88. The van der Waals surface area contributed by atoms with Gasteiger partial charge in [0.25, 0.3) is 6.67 Å². The predicted molar refractivity (Wildman–Crippen MR) is 137 cm³/mol. The molecule has 1 aliphatic rings. The van der Waals surface area contributed by atoms with Gasteiger partial charge in [-0.2, -0.15) is 0 Å². The molecule has 0 amide bonds. The van der Waals surface area contributed by atoms with Gasteiger partial charge >= 0.3 is 0 Å². The Bertz CT molecular complexity index is 1320. The number of hydrogen-bond acceptors (Lipinski definition) is 6. The maximum Gasteiger partial charge on any atom is 0.270 e. The van der Waals surface area contributed by atoms with Gasteiger partial charge in [0.15, 0.2) is 0 Å². The first kappa shape index (κ1) is 21.8. The van der Waals surface area contributed by atoms with Crippen LogP contribution in [0.3, 0.4) is 0 Å². The van der Waals surface area contributed by atoms with Gasteiger partial charge < -0.3 is 10.2 Å². The lowest BCUT2D eigenvalue weighted by molar-refractivity contribution is 0.282. The summed E-state index contributed by atoms with van der Waals surface area (Å²) in [6, 6.07) is 16.9. The van der Waals surface area contributed by atoms with Crippen LogP contribution in [0.15, 0.2) is 67.1 Å². The van der Waals surface area contributed by atoms with Crippen LogP contribution in [0.25, 0.3) is 26.7 Å². The Kier molecular flexibility index (Phi) is 6.32. The van der Waals surface area contributed by atoms with Crippen molar-refractivity contribution in [2.75, 3.05) is 43.1 Å². The van der Waals surface area contributed by atoms with E-state index in [9.17, 15) is 0 Å². The van der Waals surface area contributed by atoms with E-state index < -0.39 is 0 Å². The van der Waals surface area contributed by atoms with Crippen molar-refractivity contribution in [2.24, 2.45) is 0 Å². The lowest BCUT2D eigenvalue weighted by atomic mass is 10.0. The van der Waals surface area contributed by atoms with E-state index >= 15 is 0 Å². The number of aromatic nitrogens is 3. The van der Waals surface area contributed by atoms with Gasteiger partial charge in [0, 0.05) is 62.4 Å². The molecule has 0 radical (unpaired) electrons. The minimum atomic E-state index is 0.478. The Morgan fingerprint density at radius 3 is 2.47 bits per heavy atom. The van der Waals surface area contributed by atoms with Crippen molar-refractivity contribution >= 4 is 22.4 Å². The number of nitrogens with zero attached hydrogens (tertiary/aromatic N) is 6. The number of fused-ring (bicyclic) bond motifs is 1. The Labute approximate surface area is 199 Å². The second kappa shape index (κ2) is 9.86. The highest BCUT2D eigenvalue weighted by Gasteiger charge is 2.19. The van der Waals surface area contributed by atoms with E-state index in [2.05, 4.69) is 66.3 Å². The van der Waals surface area contributed by atoms with E-state index in [1.54, 1.807) is 0 Å². The van der Waals surface area contributed by atoms with E-state index in [1.807, 2.05) is 37.6 Å². The lowest BCUT2D eigenvalue weighted by Gasteiger charge is -2.32. The van der Waals surface area contributed by atoms with Gasteiger partial charge in [0.05, 0.1) is 0 Å². The average molecular weight is 450 g/mol. The summed E-state index contributed by atoms with van der Waals surface area (Å²) in [7, 11) is 0. The number of pyridine rings is 3. The van der Waals surface area contributed by atoms with Crippen molar-refractivity contribution in [3.05, 3.63) is 89.8 Å². The van der Waals surface area contributed by atoms with Crippen LogP contribution in [-0.2, 0) is 6.54 Å². The third-order valence-electron chi connectivity index (χ3n) is 6.25. The van der Waals surface area contributed by atoms with Crippen molar-refractivity contribution in [3.63, 3.8) is 0 Å². The van der Waals surface area contributed by atoms with E-state index in [4.69, 9.17) is 11.6 Å². The molecular weight excluding hydrogens is 422 g/mol. The Hall–Kier alpha value is -4.02. The second-order valence-corrected chi connectivity index (χ2v) is 8.56. The van der Waals surface area contributed by atoms with Crippen LogP contribution in [0.2, 0.25) is 0 Å². The molecule has 4 aromatic rings. The number of hydrogen-bond donors (Lipinski definition) is 1. The number of nitrogens with one attached hydrogen (secondary N) is 1. The summed E-state index contributed by atoms with van der Waals surface area (Å²) >= 11 is 0. The zero-order chi connectivity index (χ0) is 23.3. The number of rotatable bonds is 6. The summed E-state index contributed by atoms with van der Waals surface area (Å²) in [6.07, 6.45) is 5.61. The van der Waals surface area contributed by atoms with Crippen LogP contribution in [0.4, 0.5) is 11.6 Å². The van der Waals surface area contributed by atoms with Crippen molar-refractivity contribution in [1.82, 2.24) is 19.9 Å². The Morgan fingerprint density at radius 1 is 0.912 bits per heavy atom. The monoisotopic (exact) mass is 449 g/mol. The number of anilines is 2. The fourth-order valence-corrected chi connectivity index (χ4v) is 4.31. The molecule has 0 saturated carbocycles. The summed E-state index contributed by atoms with van der Waals surface area (Å²) < 4.78 is 0. The fraction of sp³-hybridized carbons (Fsp3) is 0.259. The van der Waals surface area contributed by atoms with Gasteiger partial charge in [-0.25, -0.2) is 21.4 Å². The van der Waals surface area contributed by atoms with Crippen LogP contribution < -0.4 is 10.2 Å². The molecule has 1 fully saturated rings. The highest BCUT2D eigenvalue weighted by atomic mass is 15.3. The first-order valence-electron chi connectivity index (χ1n) is 11.5. The van der Waals surface area contributed by atoms with Crippen molar-refractivity contribution in [2.45, 2.75) is 13.5 Å². The molecule has 0 bridgehead atoms. The summed E-state index contributed by atoms with van der Waals surface area (Å²) in [5.74, 6) is 1.82. The first-order chi connectivity index (χ1) is 16.7. The number of aryl methyl sites for hydroxylation is 1. The third kappa shape index (κ3) is 4.82. The van der Waals surface area contributed by atoms with Crippen LogP contribution in [0, 0.1) is 13.5 Å². The summed E-state index contributed by atoms with van der Waals surface area (Å²) in [5, 5.41) is 5.62. The fourth-order valence-electron chi connectivity index (χ4n) is 4.31. The maximum absolute atomic E-state index is 7.05. The normalized spacial score (nSPS) is 14.2. The zero-order valence-corrected chi connectivity index (χ0v) is 19.3. The maximum atomic E-state index is 7.05. The molecule has 0 aliphatic carbocycles. The van der Waals surface area contributed by atoms with Crippen molar-refractivity contribution in [3.8, 4) is 11.1 Å². The molecule has 7 heteroatoms. The standard InChI is InChI=1S/C27H27N7/c1-20-15-23(7-9-29-20)22-5-3-21(4-6-22)17-32-27-25-18-31-26(16-24(25)8-10-30-27)34-13-11-33(12-14-34)19-28-2/h3-10,15-16,18H,11-14,17,19H2,1H3,(H,30,32). The Morgan fingerprint density at radius 2 is 1.71 bits per heavy atom. The predicted octanol–water partition coefficient (Wildman–Crippen LogP) is 4.61. The van der Waals surface area contributed by atoms with Crippen LogP contribution in [-0.4, -0.2) is 52.7 Å². The van der Waals surface area contributed by atoms with Gasteiger partial charge in [-0.1, -0.05) is 24.3 Å². The van der Waals surface area contributed by atoms with Gasteiger partial charge in [-0.05, 0) is 53.3 Å². The third-order valence-corrected chi connectivity index (χ3v) is 6.25. The van der Waals surface area contributed by atoms with Gasteiger partial charge in [-0.15, -0.1) is 0 Å². The molecule has 0 atom stereocenters. The smallest absolute Gasteiger partial charge is 0.270 e. The SMILES string of the molecule is [C-]#[N+]CN1CCN(c2cc3ccnc(NCc4ccc(-c5ccnc(C)c5)cc4)c3cn2)CC1. The molecule has 3 aromatic heterocycles.